The molecule has 2 aromatic carbocycles. The lowest BCUT2D eigenvalue weighted by atomic mass is 10.2. The Morgan fingerprint density at radius 2 is 2.07 bits per heavy atom. The number of halogens is 2. The molecule has 3 N–H and O–H groups in total. The number of rotatable bonds is 9. The first-order valence-electron chi connectivity index (χ1n) is 8.33. The quantitative estimate of drug-likeness (QED) is 0.236. The number of hydrazone groups is 1. The van der Waals surface area contributed by atoms with Gasteiger partial charge in [0.25, 0.3) is 5.69 Å². The molecule has 0 spiro atoms. The monoisotopic (exact) mass is 440 g/mol. The molecule has 0 fully saturated rings. The Labute approximate surface area is 176 Å². The first-order chi connectivity index (χ1) is 13.7. The average molecular weight is 441 g/mol. The molecule has 0 aliphatic carbocycles. The van der Waals surface area contributed by atoms with Crippen molar-refractivity contribution < 1.29 is 19.6 Å². The van der Waals surface area contributed by atoms with E-state index in [1.165, 1.54) is 24.3 Å². The number of aliphatic hydroxyl groups is 1. The zero-order valence-electron chi connectivity index (χ0n) is 15.3. The molecule has 2 rings (SSSR count). The maximum atomic E-state index is 12.0. The number of carbonyl (C=O) groups excluding carboxylic acids is 1. The van der Waals surface area contributed by atoms with Crippen LogP contribution in [0.3, 0.4) is 0 Å². The summed E-state index contributed by atoms with van der Waals surface area (Å²) in [7, 11) is 0. The summed E-state index contributed by atoms with van der Waals surface area (Å²) in [6.45, 7) is 1.45. The molecule has 1 atom stereocenters. The van der Waals surface area contributed by atoms with Crippen molar-refractivity contribution in [2.75, 3.05) is 11.9 Å². The molecule has 0 saturated carbocycles. The molecule has 11 heteroatoms. The van der Waals surface area contributed by atoms with Crippen LogP contribution in [0.2, 0.25) is 10.0 Å². The van der Waals surface area contributed by atoms with E-state index in [1.54, 1.807) is 25.1 Å². The molecule has 0 aromatic heterocycles. The zero-order chi connectivity index (χ0) is 21.4. The highest BCUT2D eigenvalue weighted by molar-refractivity contribution is 6.35. The molecule has 29 heavy (non-hydrogen) atoms. The van der Waals surface area contributed by atoms with Crippen LogP contribution in [0.5, 0.6) is 5.75 Å². The number of nitrogens with one attached hydrogen (secondary N) is 2. The fourth-order valence-corrected chi connectivity index (χ4v) is 2.62. The Bertz CT molecular complexity index is 923. The summed E-state index contributed by atoms with van der Waals surface area (Å²) in [6, 6.07) is 10.3. The van der Waals surface area contributed by atoms with Crippen molar-refractivity contribution in [3.8, 4) is 5.75 Å². The van der Waals surface area contributed by atoms with Crippen molar-refractivity contribution in [3.05, 3.63) is 62.6 Å². The molecule has 0 unspecified atom stereocenters. The summed E-state index contributed by atoms with van der Waals surface area (Å²) < 4.78 is 5.37. The van der Waals surface area contributed by atoms with Crippen LogP contribution in [0, 0.1) is 10.1 Å². The second-order valence-electron chi connectivity index (χ2n) is 5.91. The largest absolute Gasteiger partial charge is 0.487 e. The van der Waals surface area contributed by atoms with Crippen LogP contribution in [-0.2, 0) is 4.79 Å². The van der Waals surface area contributed by atoms with E-state index in [9.17, 15) is 20.0 Å². The van der Waals surface area contributed by atoms with Gasteiger partial charge in [0.15, 0.2) is 6.23 Å². The van der Waals surface area contributed by atoms with Crippen molar-refractivity contribution in [1.29, 1.82) is 0 Å². The van der Waals surface area contributed by atoms with Gasteiger partial charge in [0.1, 0.15) is 12.4 Å². The number of hydrogen-bond donors (Lipinski definition) is 3. The molecule has 154 valence electrons. The second-order valence-corrected chi connectivity index (χ2v) is 6.75. The SMILES string of the molecule is C/C(CC(=O)Nc1cccc([N+](=O)[O-])c1)=N/N[C@@H](O)COc1ccc(Cl)cc1Cl. The van der Waals surface area contributed by atoms with Gasteiger partial charge in [-0.25, -0.2) is 0 Å². The summed E-state index contributed by atoms with van der Waals surface area (Å²) in [5.41, 5.74) is 3.02. The number of nitro groups is 1. The van der Waals surface area contributed by atoms with E-state index in [0.717, 1.165) is 0 Å². The highest BCUT2D eigenvalue weighted by Crippen LogP contribution is 2.27. The third kappa shape index (κ3) is 7.57. The lowest BCUT2D eigenvalue weighted by Crippen LogP contribution is -2.31. The predicted molar refractivity (Wildman–Crippen MR) is 111 cm³/mol. The van der Waals surface area contributed by atoms with Gasteiger partial charge in [-0.3, -0.25) is 20.3 Å². The number of benzene rings is 2. The second kappa shape index (κ2) is 10.6. The first-order valence-corrected chi connectivity index (χ1v) is 9.09. The van der Waals surface area contributed by atoms with Crippen molar-refractivity contribution in [1.82, 2.24) is 5.43 Å². The minimum Gasteiger partial charge on any atom is -0.487 e. The van der Waals surface area contributed by atoms with Gasteiger partial charge >= 0.3 is 0 Å². The molecule has 9 nitrogen and oxygen atoms in total. The van der Waals surface area contributed by atoms with E-state index >= 15 is 0 Å². The smallest absolute Gasteiger partial charge is 0.271 e. The number of anilines is 1. The minimum atomic E-state index is -1.14. The minimum absolute atomic E-state index is 0.0771. The third-order valence-electron chi connectivity index (χ3n) is 3.45. The Balaban J connectivity index is 1.80. The summed E-state index contributed by atoms with van der Waals surface area (Å²) >= 11 is 11.8. The first kappa shape index (κ1) is 22.4. The van der Waals surface area contributed by atoms with Crippen LogP contribution in [0.25, 0.3) is 0 Å². The summed E-state index contributed by atoms with van der Waals surface area (Å²) in [5.74, 6) is -0.0545. The Morgan fingerprint density at radius 1 is 1.31 bits per heavy atom. The summed E-state index contributed by atoms with van der Waals surface area (Å²) in [6.07, 6.45) is -1.22. The zero-order valence-corrected chi connectivity index (χ0v) is 16.8. The molecule has 0 radical (unpaired) electrons. The van der Waals surface area contributed by atoms with Crippen molar-refractivity contribution in [2.45, 2.75) is 19.6 Å². The molecule has 0 bridgehead atoms. The summed E-state index contributed by atoms with van der Waals surface area (Å²) in [4.78, 5) is 22.2. The Kier molecular flexibility index (Phi) is 8.20. The number of ether oxygens (including phenoxy) is 1. The van der Waals surface area contributed by atoms with E-state index in [1.807, 2.05) is 0 Å². The molecule has 0 aliphatic rings. The molecule has 0 saturated heterocycles. The Hall–Kier alpha value is -2.88. The van der Waals surface area contributed by atoms with E-state index in [4.69, 9.17) is 27.9 Å². The van der Waals surface area contributed by atoms with Gasteiger partial charge in [-0.15, -0.1) is 0 Å². The van der Waals surface area contributed by atoms with Gasteiger partial charge in [-0.05, 0) is 31.2 Å². The van der Waals surface area contributed by atoms with Gasteiger partial charge in [-0.1, -0.05) is 29.3 Å². The maximum Gasteiger partial charge on any atom is 0.271 e. The van der Waals surface area contributed by atoms with E-state index in [2.05, 4.69) is 15.8 Å². The fraction of sp³-hybridized carbons (Fsp3) is 0.222. The standard InChI is InChI=1S/C18H18Cl2N4O5/c1-11(7-17(25)21-13-3-2-4-14(9-13)24(27)28)22-23-18(26)10-29-16-6-5-12(19)8-15(16)20/h2-6,8-9,18,23,26H,7,10H2,1H3,(H,21,25)/b22-11-/t18-/m0/s1. The molecule has 1 amide bonds. The average Bonchev–Trinajstić information content (AvgIpc) is 2.65. The number of hydrogen-bond acceptors (Lipinski definition) is 7. The van der Waals surface area contributed by atoms with Crippen LogP contribution in [0.4, 0.5) is 11.4 Å². The lowest BCUT2D eigenvalue weighted by Gasteiger charge is -2.13. The summed E-state index contributed by atoms with van der Waals surface area (Å²) in [5, 5.41) is 27.9. The van der Waals surface area contributed by atoms with Gasteiger partial charge in [0, 0.05) is 28.6 Å². The number of nitrogens with zero attached hydrogens (tertiary/aromatic N) is 2. The normalized spacial score (nSPS) is 12.2. The van der Waals surface area contributed by atoms with Crippen molar-refractivity contribution in [2.24, 2.45) is 5.10 Å². The fourth-order valence-electron chi connectivity index (χ4n) is 2.16. The lowest BCUT2D eigenvalue weighted by molar-refractivity contribution is -0.384. The number of aliphatic hydroxyl groups excluding tert-OH is 1. The van der Waals surface area contributed by atoms with Gasteiger partial charge in [0.05, 0.1) is 16.4 Å². The van der Waals surface area contributed by atoms with E-state index in [-0.39, 0.29) is 18.7 Å². The molecular weight excluding hydrogens is 423 g/mol. The number of carbonyl (C=O) groups is 1. The highest BCUT2D eigenvalue weighted by Gasteiger charge is 2.10. The van der Waals surface area contributed by atoms with Crippen molar-refractivity contribution in [3.63, 3.8) is 0 Å². The van der Waals surface area contributed by atoms with E-state index < -0.39 is 17.1 Å². The third-order valence-corrected chi connectivity index (χ3v) is 3.98. The van der Waals surface area contributed by atoms with Crippen molar-refractivity contribution >= 4 is 46.2 Å². The Morgan fingerprint density at radius 3 is 2.76 bits per heavy atom. The van der Waals surface area contributed by atoms with Gasteiger partial charge in [0.2, 0.25) is 5.91 Å². The van der Waals surface area contributed by atoms with Crippen LogP contribution in [0.1, 0.15) is 13.3 Å². The van der Waals surface area contributed by atoms with Crippen LogP contribution in [-0.4, -0.2) is 34.5 Å². The molecular formula is C18H18Cl2N4O5. The van der Waals surface area contributed by atoms with Gasteiger partial charge in [-0.2, -0.15) is 5.10 Å². The van der Waals surface area contributed by atoms with E-state index in [0.29, 0.717) is 27.2 Å². The molecule has 0 heterocycles. The highest BCUT2D eigenvalue weighted by atomic mass is 35.5. The number of non-ortho nitro benzene ring substituents is 1. The number of nitro benzene ring substituents is 1. The van der Waals surface area contributed by atoms with Crippen LogP contribution in [0.15, 0.2) is 47.6 Å². The molecule has 0 aliphatic heterocycles. The molecule has 2 aromatic rings. The predicted octanol–water partition coefficient (Wildman–Crippen LogP) is 3.59. The number of amides is 1. The van der Waals surface area contributed by atoms with Crippen LogP contribution < -0.4 is 15.5 Å². The van der Waals surface area contributed by atoms with Crippen LogP contribution >= 0.6 is 23.2 Å². The maximum absolute atomic E-state index is 12.0. The van der Waals surface area contributed by atoms with Gasteiger partial charge < -0.3 is 15.2 Å². The topological polar surface area (TPSA) is 126 Å².